The number of rotatable bonds is 4. The van der Waals surface area contributed by atoms with Crippen LogP contribution in [0.2, 0.25) is 0 Å². The Hall–Kier alpha value is -2.45. The van der Waals surface area contributed by atoms with Crippen molar-refractivity contribution in [3.05, 3.63) is 90.0 Å². The summed E-state index contributed by atoms with van der Waals surface area (Å²) >= 11 is 0. The molecule has 0 amide bonds. The Balaban J connectivity index is 1.69. The summed E-state index contributed by atoms with van der Waals surface area (Å²) in [5.41, 5.74) is 8.81. The van der Waals surface area contributed by atoms with Gasteiger partial charge in [0.1, 0.15) is 11.6 Å². The molecule has 0 radical (unpaired) electrons. The lowest BCUT2D eigenvalue weighted by Crippen LogP contribution is -2.61. The molecule has 28 heavy (non-hydrogen) atoms. The maximum absolute atomic E-state index is 13.3. The van der Waals surface area contributed by atoms with Gasteiger partial charge in [-0.3, -0.25) is 0 Å². The number of halogens is 2. The highest BCUT2D eigenvalue weighted by Crippen LogP contribution is 2.12. The van der Waals surface area contributed by atoms with Gasteiger partial charge in [-0.1, -0.05) is 48.5 Å². The summed E-state index contributed by atoms with van der Waals surface area (Å²) in [6.45, 7) is 0.322. The monoisotopic (exact) mass is 377 g/mol. The highest BCUT2D eigenvalue weighted by Gasteiger charge is 2.44. The van der Waals surface area contributed by atoms with Crippen LogP contribution in [0.3, 0.4) is 0 Å². The molecule has 0 spiro atoms. The minimum absolute atomic E-state index is 0.322. The van der Waals surface area contributed by atoms with Crippen LogP contribution in [0.25, 0.3) is 0 Å². The zero-order valence-electron chi connectivity index (χ0n) is 14.9. The van der Waals surface area contributed by atoms with Gasteiger partial charge in [-0.25, -0.2) is 8.78 Å². The number of hydrogen-bond acceptors (Lipinski definition) is 4. The van der Waals surface area contributed by atoms with E-state index >= 15 is 0 Å². The Morgan fingerprint density at radius 2 is 1.11 bits per heavy atom. The molecule has 9 heteroatoms. The summed E-state index contributed by atoms with van der Waals surface area (Å²) in [6, 6.07) is 19.3. The van der Waals surface area contributed by atoms with Crippen molar-refractivity contribution in [3.8, 4) is 0 Å². The van der Waals surface area contributed by atoms with Crippen molar-refractivity contribution in [2.75, 3.05) is 0 Å². The quantitative estimate of drug-likeness (QED) is 0.690. The second-order valence-electron chi connectivity index (χ2n) is 6.41. The molecule has 3 aromatic rings. The van der Waals surface area contributed by atoms with E-state index in [4.69, 9.17) is 19.4 Å². The molecule has 0 atom stereocenters. The van der Waals surface area contributed by atoms with E-state index in [1.807, 2.05) is 24.3 Å². The molecule has 4 rings (SSSR count). The fourth-order valence-corrected chi connectivity index (χ4v) is 3.08. The van der Waals surface area contributed by atoms with E-state index < -0.39 is 21.4 Å². The van der Waals surface area contributed by atoms with Gasteiger partial charge in [0.15, 0.2) is 0 Å². The number of nitrogens with two attached hydrogens (primary N) is 1. The Morgan fingerprint density at radius 1 is 0.643 bits per heavy atom. The molecule has 2 N–H and O–H groups in total. The van der Waals surface area contributed by atoms with Gasteiger partial charge >= 0.3 is 21.4 Å². The highest BCUT2D eigenvalue weighted by atomic mass is 19.1. The van der Waals surface area contributed by atoms with Crippen LogP contribution in [0.1, 0.15) is 5.56 Å². The SMILES string of the molecule is NCc1ccccc1B1OB(c2ccc(F)cc2)OB(c2ccc(F)cc2)O1. The third kappa shape index (κ3) is 4.03. The lowest BCUT2D eigenvalue weighted by Gasteiger charge is -2.32. The van der Waals surface area contributed by atoms with Crippen molar-refractivity contribution < 1.29 is 22.5 Å². The molecule has 1 aliphatic heterocycles. The average Bonchev–Trinajstić information content (AvgIpc) is 2.74. The van der Waals surface area contributed by atoms with Gasteiger partial charge in [-0.15, -0.1) is 0 Å². The van der Waals surface area contributed by atoms with Crippen LogP contribution in [-0.4, -0.2) is 21.4 Å². The molecule has 0 bridgehead atoms. The van der Waals surface area contributed by atoms with Gasteiger partial charge in [-0.2, -0.15) is 0 Å². The van der Waals surface area contributed by atoms with Crippen molar-refractivity contribution in [1.82, 2.24) is 0 Å². The molecule has 0 saturated carbocycles. The van der Waals surface area contributed by atoms with Gasteiger partial charge < -0.3 is 19.4 Å². The zero-order chi connectivity index (χ0) is 19.5. The van der Waals surface area contributed by atoms with E-state index in [1.54, 1.807) is 24.3 Å². The molecule has 0 aromatic heterocycles. The smallest absolute Gasteiger partial charge is 0.445 e. The van der Waals surface area contributed by atoms with E-state index in [1.165, 1.54) is 24.3 Å². The average molecular weight is 377 g/mol. The maximum Gasteiger partial charge on any atom is 0.467 e. The van der Waals surface area contributed by atoms with Crippen molar-refractivity contribution in [1.29, 1.82) is 0 Å². The van der Waals surface area contributed by atoms with Crippen LogP contribution in [0.5, 0.6) is 0 Å². The molecule has 4 nitrogen and oxygen atoms in total. The summed E-state index contributed by atoms with van der Waals surface area (Å²) in [6.07, 6.45) is 0. The first-order valence-electron chi connectivity index (χ1n) is 8.89. The maximum atomic E-state index is 13.3. The van der Waals surface area contributed by atoms with Crippen molar-refractivity contribution >= 4 is 37.7 Å². The normalized spacial score (nSPS) is 14.5. The Bertz CT molecular complexity index is 890. The summed E-state index contributed by atoms with van der Waals surface area (Å²) in [5.74, 6) is -0.702. The summed E-state index contributed by atoms with van der Waals surface area (Å²) < 4.78 is 44.6. The van der Waals surface area contributed by atoms with Gasteiger partial charge in [0, 0.05) is 6.54 Å². The first kappa shape index (κ1) is 18.9. The molecule has 1 heterocycles. The van der Waals surface area contributed by atoms with E-state index in [-0.39, 0.29) is 11.6 Å². The molecular weight excluding hydrogens is 361 g/mol. The van der Waals surface area contributed by atoms with E-state index in [9.17, 15) is 8.78 Å². The van der Waals surface area contributed by atoms with Crippen molar-refractivity contribution in [2.45, 2.75) is 6.54 Å². The van der Waals surface area contributed by atoms with E-state index in [0.29, 0.717) is 17.5 Å². The molecule has 1 aliphatic rings. The van der Waals surface area contributed by atoms with E-state index in [2.05, 4.69) is 0 Å². The number of benzene rings is 3. The second kappa shape index (κ2) is 8.28. The molecule has 0 unspecified atom stereocenters. The van der Waals surface area contributed by atoms with E-state index in [0.717, 1.165) is 11.0 Å². The second-order valence-corrected chi connectivity index (χ2v) is 6.41. The van der Waals surface area contributed by atoms with Crippen LogP contribution in [0.4, 0.5) is 8.78 Å². The minimum Gasteiger partial charge on any atom is -0.445 e. The van der Waals surface area contributed by atoms with Crippen molar-refractivity contribution in [2.24, 2.45) is 5.73 Å². The summed E-state index contributed by atoms with van der Waals surface area (Å²) in [4.78, 5) is 0. The van der Waals surface area contributed by atoms with Crippen LogP contribution < -0.4 is 22.1 Å². The van der Waals surface area contributed by atoms with Crippen LogP contribution in [-0.2, 0) is 20.3 Å². The Kier molecular flexibility index (Phi) is 5.59. The zero-order valence-corrected chi connectivity index (χ0v) is 14.9. The molecule has 1 saturated heterocycles. The highest BCUT2D eigenvalue weighted by molar-refractivity contribution is 6.87. The number of hydrogen-bond donors (Lipinski definition) is 1. The van der Waals surface area contributed by atoms with Gasteiger partial charge in [0.05, 0.1) is 0 Å². The standard InChI is InChI=1S/C19H16B3F2NO3/c23-17-9-5-15(6-10-17)20-26-21(16-7-11-18(24)12-8-16)28-22(27-20)19-4-2-1-3-14(19)13-25/h1-12H,13,25H2. The molecular formula is C19H16B3F2NO3. The third-order valence-electron chi connectivity index (χ3n) is 4.55. The van der Waals surface area contributed by atoms with Crippen LogP contribution in [0, 0.1) is 11.6 Å². The largest absolute Gasteiger partial charge is 0.467 e. The first-order valence-corrected chi connectivity index (χ1v) is 8.89. The third-order valence-corrected chi connectivity index (χ3v) is 4.55. The predicted molar refractivity (Wildman–Crippen MR) is 107 cm³/mol. The van der Waals surface area contributed by atoms with Crippen molar-refractivity contribution in [3.63, 3.8) is 0 Å². The fourth-order valence-electron chi connectivity index (χ4n) is 3.08. The molecule has 3 aromatic carbocycles. The predicted octanol–water partition coefficient (Wildman–Crippen LogP) is 0.973. The minimum atomic E-state index is -0.791. The first-order chi connectivity index (χ1) is 13.6. The molecule has 138 valence electrons. The van der Waals surface area contributed by atoms with Crippen LogP contribution in [0.15, 0.2) is 72.8 Å². The molecule has 1 fully saturated rings. The van der Waals surface area contributed by atoms with Gasteiger partial charge in [0.25, 0.3) is 0 Å². The summed E-state index contributed by atoms with van der Waals surface area (Å²) in [5, 5.41) is 0. The van der Waals surface area contributed by atoms with Crippen LogP contribution >= 0.6 is 0 Å². The van der Waals surface area contributed by atoms with Gasteiger partial charge in [-0.05, 0) is 46.2 Å². The lowest BCUT2D eigenvalue weighted by atomic mass is 9.61. The lowest BCUT2D eigenvalue weighted by molar-refractivity contribution is 0.308. The summed E-state index contributed by atoms with van der Waals surface area (Å²) in [7, 11) is -2.33. The van der Waals surface area contributed by atoms with Gasteiger partial charge in [0.2, 0.25) is 0 Å². The fraction of sp³-hybridized carbons (Fsp3) is 0.0526. The molecule has 0 aliphatic carbocycles. The Labute approximate surface area is 163 Å². The topological polar surface area (TPSA) is 53.7 Å². The Morgan fingerprint density at radius 3 is 1.61 bits per heavy atom.